The van der Waals surface area contributed by atoms with E-state index in [0.29, 0.717) is 35.3 Å². The molecule has 140 valence electrons. The minimum absolute atomic E-state index is 0.233. The van der Waals surface area contributed by atoms with Crippen LogP contribution >= 0.6 is 11.6 Å². The third-order valence-electron chi connectivity index (χ3n) is 5.17. The largest absolute Gasteiger partial charge is 0.449 e. The molecular weight excluding hydrogens is 376 g/mol. The number of aromatic nitrogens is 2. The van der Waals surface area contributed by atoms with Gasteiger partial charge in [-0.25, -0.2) is 9.97 Å². The van der Waals surface area contributed by atoms with E-state index >= 15 is 0 Å². The van der Waals surface area contributed by atoms with Crippen molar-refractivity contribution in [3.05, 3.63) is 58.8 Å². The zero-order valence-electron chi connectivity index (χ0n) is 15.4. The van der Waals surface area contributed by atoms with Crippen molar-refractivity contribution in [3.63, 3.8) is 0 Å². The van der Waals surface area contributed by atoms with Gasteiger partial charge in [0.1, 0.15) is 0 Å². The Kier molecular flexibility index (Phi) is 3.77. The maximum Gasteiger partial charge on any atom is 0.295 e. The second-order valence-corrected chi connectivity index (χ2v) is 7.32. The summed E-state index contributed by atoms with van der Waals surface area (Å²) in [6, 6.07) is 13.2. The lowest BCUT2D eigenvalue weighted by Gasteiger charge is -2.33. The number of aryl methyl sites for hydroxylation is 1. The second-order valence-electron chi connectivity index (χ2n) is 6.91. The van der Waals surface area contributed by atoms with Crippen molar-refractivity contribution in [2.24, 2.45) is 0 Å². The fourth-order valence-corrected chi connectivity index (χ4v) is 3.83. The Labute approximate surface area is 166 Å². The van der Waals surface area contributed by atoms with Crippen LogP contribution in [0.4, 0.5) is 11.6 Å². The molecule has 0 saturated heterocycles. The molecular formula is C21H17ClN4O2. The van der Waals surface area contributed by atoms with Gasteiger partial charge in [0.05, 0.1) is 16.1 Å². The van der Waals surface area contributed by atoms with Crippen LogP contribution in [-0.4, -0.2) is 36.0 Å². The van der Waals surface area contributed by atoms with E-state index in [1.807, 2.05) is 55.3 Å². The number of halogens is 1. The maximum absolute atomic E-state index is 13.4. The van der Waals surface area contributed by atoms with E-state index < -0.39 is 0 Å². The van der Waals surface area contributed by atoms with Crippen molar-refractivity contribution < 1.29 is 9.21 Å². The topological polar surface area (TPSA) is 62.5 Å². The SMILES string of the molecule is Cc1c(C(=O)N2CCN(C)c3nc4ccccc4nc32)oc2c(Cl)cccc12. The van der Waals surface area contributed by atoms with Crippen LogP contribution in [0.15, 0.2) is 46.9 Å². The van der Waals surface area contributed by atoms with E-state index in [4.69, 9.17) is 26.0 Å². The molecule has 0 unspecified atom stereocenters. The molecule has 2 aromatic carbocycles. The number of likely N-dealkylation sites (N-methyl/N-ethyl adjacent to an activating group) is 1. The molecule has 4 aromatic rings. The van der Waals surface area contributed by atoms with Gasteiger partial charge in [-0.3, -0.25) is 9.69 Å². The van der Waals surface area contributed by atoms with E-state index in [9.17, 15) is 4.79 Å². The normalized spacial score (nSPS) is 14.0. The summed E-state index contributed by atoms with van der Waals surface area (Å²) in [7, 11) is 1.95. The van der Waals surface area contributed by atoms with Gasteiger partial charge in [-0.2, -0.15) is 0 Å². The quantitative estimate of drug-likeness (QED) is 0.479. The highest BCUT2D eigenvalue weighted by molar-refractivity contribution is 6.35. The minimum Gasteiger partial charge on any atom is -0.449 e. The average Bonchev–Trinajstić information content (AvgIpc) is 3.05. The van der Waals surface area contributed by atoms with Crippen molar-refractivity contribution in [1.82, 2.24) is 9.97 Å². The Morgan fingerprint density at radius 3 is 2.46 bits per heavy atom. The van der Waals surface area contributed by atoms with Gasteiger partial charge in [-0.15, -0.1) is 0 Å². The van der Waals surface area contributed by atoms with Crippen molar-refractivity contribution in [2.75, 3.05) is 29.9 Å². The molecule has 1 aliphatic rings. The van der Waals surface area contributed by atoms with Gasteiger partial charge >= 0.3 is 0 Å². The first-order chi connectivity index (χ1) is 13.5. The van der Waals surface area contributed by atoms with Crippen LogP contribution in [0, 0.1) is 6.92 Å². The summed E-state index contributed by atoms with van der Waals surface area (Å²) in [6.45, 7) is 3.03. The molecule has 1 aliphatic heterocycles. The first-order valence-corrected chi connectivity index (χ1v) is 9.40. The van der Waals surface area contributed by atoms with E-state index in [0.717, 1.165) is 22.0 Å². The van der Waals surface area contributed by atoms with Gasteiger partial charge in [0.15, 0.2) is 23.0 Å². The molecule has 7 heteroatoms. The number of fused-ring (bicyclic) bond motifs is 3. The number of hydrogen-bond donors (Lipinski definition) is 0. The molecule has 0 aliphatic carbocycles. The van der Waals surface area contributed by atoms with E-state index in [2.05, 4.69) is 0 Å². The molecule has 0 N–H and O–H groups in total. The van der Waals surface area contributed by atoms with Crippen LogP contribution in [0.1, 0.15) is 16.1 Å². The van der Waals surface area contributed by atoms with Crippen LogP contribution in [0.5, 0.6) is 0 Å². The van der Waals surface area contributed by atoms with Crippen molar-refractivity contribution in [2.45, 2.75) is 6.92 Å². The monoisotopic (exact) mass is 392 g/mol. The number of rotatable bonds is 1. The highest BCUT2D eigenvalue weighted by Gasteiger charge is 2.32. The Bertz CT molecular complexity index is 1250. The average molecular weight is 393 g/mol. The molecule has 0 atom stereocenters. The van der Waals surface area contributed by atoms with Crippen molar-refractivity contribution in [3.8, 4) is 0 Å². The number of para-hydroxylation sites is 3. The van der Waals surface area contributed by atoms with E-state index in [1.165, 1.54) is 0 Å². The Balaban J connectivity index is 1.66. The van der Waals surface area contributed by atoms with Crippen LogP contribution in [0.2, 0.25) is 5.02 Å². The number of carbonyl (C=O) groups is 1. The molecule has 0 radical (unpaired) electrons. The fourth-order valence-electron chi connectivity index (χ4n) is 3.61. The summed E-state index contributed by atoms with van der Waals surface area (Å²) in [6.07, 6.45) is 0. The first kappa shape index (κ1) is 17.0. The standard InChI is InChI=1S/C21H17ClN4O2/c1-12-13-6-5-7-14(22)18(13)28-17(12)21(27)26-11-10-25(2)19-20(26)24-16-9-4-3-8-15(16)23-19/h3-9H,10-11H2,1-2H3. The van der Waals surface area contributed by atoms with Crippen LogP contribution in [-0.2, 0) is 0 Å². The predicted molar refractivity (Wildman–Crippen MR) is 110 cm³/mol. The number of carbonyl (C=O) groups excluding carboxylic acids is 1. The maximum atomic E-state index is 13.4. The molecule has 1 amide bonds. The van der Waals surface area contributed by atoms with E-state index in [1.54, 1.807) is 11.0 Å². The molecule has 28 heavy (non-hydrogen) atoms. The number of amides is 1. The predicted octanol–water partition coefficient (Wildman–Crippen LogP) is 4.43. The van der Waals surface area contributed by atoms with Gasteiger partial charge in [-0.1, -0.05) is 35.9 Å². The summed E-state index contributed by atoms with van der Waals surface area (Å²) in [4.78, 5) is 26.5. The number of anilines is 2. The third-order valence-corrected chi connectivity index (χ3v) is 5.46. The molecule has 0 spiro atoms. The van der Waals surface area contributed by atoms with Crippen LogP contribution < -0.4 is 9.80 Å². The Morgan fingerprint density at radius 1 is 1.04 bits per heavy atom. The molecule has 6 nitrogen and oxygen atoms in total. The number of nitrogens with zero attached hydrogens (tertiary/aromatic N) is 4. The fraction of sp³-hybridized carbons (Fsp3) is 0.190. The summed E-state index contributed by atoms with van der Waals surface area (Å²) < 4.78 is 5.89. The number of hydrogen-bond acceptors (Lipinski definition) is 5. The van der Waals surface area contributed by atoms with Crippen molar-refractivity contribution in [1.29, 1.82) is 0 Å². The van der Waals surface area contributed by atoms with Gasteiger partial charge in [0.2, 0.25) is 0 Å². The zero-order valence-corrected chi connectivity index (χ0v) is 16.2. The van der Waals surface area contributed by atoms with Gasteiger partial charge in [-0.05, 0) is 25.1 Å². The van der Waals surface area contributed by atoms with E-state index in [-0.39, 0.29) is 11.7 Å². The minimum atomic E-state index is -0.233. The smallest absolute Gasteiger partial charge is 0.295 e. The first-order valence-electron chi connectivity index (χ1n) is 9.02. The summed E-state index contributed by atoms with van der Waals surface area (Å²) >= 11 is 6.25. The zero-order chi connectivity index (χ0) is 19.4. The highest BCUT2D eigenvalue weighted by atomic mass is 35.5. The third kappa shape index (κ3) is 2.45. The molecule has 0 saturated carbocycles. The lowest BCUT2D eigenvalue weighted by atomic mass is 10.1. The number of furan rings is 1. The Morgan fingerprint density at radius 2 is 1.75 bits per heavy atom. The summed E-state index contributed by atoms with van der Waals surface area (Å²) in [5, 5.41) is 1.33. The molecule has 2 aromatic heterocycles. The van der Waals surface area contributed by atoms with Gasteiger partial charge in [0.25, 0.3) is 5.91 Å². The van der Waals surface area contributed by atoms with Gasteiger partial charge in [0, 0.05) is 31.1 Å². The summed E-state index contributed by atoms with van der Waals surface area (Å²) in [5.41, 5.74) is 2.86. The Hall–Kier alpha value is -3.12. The molecule has 3 heterocycles. The van der Waals surface area contributed by atoms with Crippen molar-refractivity contribution >= 4 is 51.1 Å². The summed E-state index contributed by atoms with van der Waals surface area (Å²) in [5.74, 6) is 1.28. The lowest BCUT2D eigenvalue weighted by Crippen LogP contribution is -2.43. The highest BCUT2D eigenvalue weighted by Crippen LogP contribution is 2.35. The van der Waals surface area contributed by atoms with Crippen LogP contribution in [0.25, 0.3) is 22.0 Å². The second kappa shape index (κ2) is 6.21. The molecule has 0 fully saturated rings. The van der Waals surface area contributed by atoms with Gasteiger partial charge < -0.3 is 9.32 Å². The lowest BCUT2D eigenvalue weighted by molar-refractivity contribution is 0.0960. The van der Waals surface area contributed by atoms with Crippen LogP contribution in [0.3, 0.4) is 0 Å². The molecule has 0 bridgehead atoms. The molecule has 5 rings (SSSR count). The number of benzene rings is 2.